The number of carbonyl (C=O) groups excluding carboxylic acids is 2. The number of oxazole rings is 1. The van der Waals surface area contributed by atoms with Gasteiger partial charge in [-0.15, -0.1) is 0 Å². The van der Waals surface area contributed by atoms with Crippen LogP contribution in [0, 0.1) is 17.0 Å². The smallest absolute Gasteiger partial charge is 0.419 e. The van der Waals surface area contributed by atoms with Crippen LogP contribution in [0.4, 0.5) is 11.4 Å². The largest absolute Gasteiger partial charge is 0.495 e. The number of aromatic nitrogens is 1. The van der Waals surface area contributed by atoms with Gasteiger partial charge in [0.15, 0.2) is 12.2 Å². The van der Waals surface area contributed by atoms with Crippen molar-refractivity contribution in [1.29, 1.82) is 0 Å². The maximum atomic E-state index is 12.1. The number of anilines is 1. The summed E-state index contributed by atoms with van der Waals surface area (Å²) in [6.45, 7) is 1.40. The van der Waals surface area contributed by atoms with Crippen molar-refractivity contribution in [1.82, 2.24) is 4.57 Å². The lowest BCUT2D eigenvalue weighted by Gasteiger charge is -2.12. The molecule has 0 aliphatic rings. The number of nitrogens with one attached hydrogen (secondary N) is 1. The number of esters is 1. The van der Waals surface area contributed by atoms with Crippen LogP contribution in [-0.2, 0) is 20.9 Å². The number of benzene rings is 2. The van der Waals surface area contributed by atoms with Crippen LogP contribution in [0.2, 0.25) is 5.02 Å². The molecular formula is C21H20ClN3O8. The Hall–Kier alpha value is -3.86. The molecule has 0 fully saturated rings. The molecule has 0 saturated heterocycles. The van der Waals surface area contributed by atoms with Crippen LogP contribution in [0.1, 0.15) is 18.4 Å². The second-order valence-corrected chi connectivity index (χ2v) is 7.45. The van der Waals surface area contributed by atoms with Crippen LogP contribution in [0.25, 0.3) is 11.1 Å². The van der Waals surface area contributed by atoms with Crippen molar-refractivity contribution in [3.8, 4) is 5.75 Å². The molecule has 0 unspecified atom stereocenters. The second kappa shape index (κ2) is 10.2. The summed E-state index contributed by atoms with van der Waals surface area (Å²) >= 11 is 6.03. The molecule has 0 radical (unpaired) electrons. The van der Waals surface area contributed by atoms with E-state index in [1.54, 1.807) is 19.1 Å². The fraction of sp³-hybridized carbons (Fsp3) is 0.286. The van der Waals surface area contributed by atoms with E-state index in [0.717, 1.165) is 11.6 Å². The predicted molar refractivity (Wildman–Crippen MR) is 119 cm³/mol. The maximum absolute atomic E-state index is 12.1. The van der Waals surface area contributed by atoms with E-state index in [2.05, 4.69) is 5.32 Å². The molecule has 0 atom stereocenters. The molecule has 1 aromatic heterocycles. The minimum absolute atomic E-state index is 0.0528. The van der Waals surface area contributed by atoms with Gasteiger partial charge in [-0.05, 0) is 31.0 Å². The molecule has 174 valence electrons. The van der Waals surface area contributed by atoms with Crippen LogP contribution >= 0.6 is 11.6 Å². The monoisotopic (exact) mass is 477 g/mol. The van der Waals surface area contributed by atoms with Crippen LogP contribution in [-0.4, -0.2) is 35.1 Å². The number of non-ortho nitro benzene ring substituents is 1. The number of fused-ring (bicyclic) bond motifs is 1. The summed E-state index contributed by atoms with van der Waals surface area (Å²) in [6.07, 6.45) is 0.179. The fourth-order valence-corrected chi connectivity index (χ4v) is 3.25. The summed E-state index contributed by atoms with van der Waals surface area (Å²) in [5.41, 5.74) is 1.40. The predicted octanol–water partition coefficient (Wildman–Crippen LogP) is 3.44. The lowest BCUT2D eigenvalue weighted by molar-refractivity contribution is -0.384. The Labute approximate surface area is 192 Å². The van der Waals surface area contributed by atoms with Crippen molar-refractivity contribution < 1.29 is 28.4 Å². The summed E-state index contributed by atoms with van der Waals surface area (Å²) < 4.78 is 16.5. The fourth-order valence-electron chi connectivity index (χ4n) is 3.10. The van der Waals surface area contributed by atoms with Crippen molar-refractivity contribution in [3.63, 3.8) is 0 Å². The van der Waals surface area contributed by atoms with Crippen molar-refractivity contribution in [3.05, 3.63) is 61.6 Å². The van der Waals surface area contributed by atoms with Gasteiger partial charge in [-0.3, -0.25) is 24.3 Å². The van der Waals surface area contributed by atoms with Gasteiger partial charge in [0, 0.05) is 30.1 Å². The topological polar surface area (TPSA) is 143 Å². The Morgan fingerprint density at radius 3 is 2.73 bits per heavy atom. The average Bonchev–Trinajstić information content (AvgIpc) is 3.09. The minimum Gasteiger partial charge on any atom is -0.495 e. The number of nitrogens with zero attached hydrogens (tertiary/aromatic N) is 2. The number of aryl methyl sites for hydroxylation is 2. The van der Waals surface area contributed by atoms with Gasteiger partial charge in [0.05, 0.1) is 29.3 Å². The highest BCUT2D eigenvalue weighted by Gasteiger charge is 2.15. The van der Waals surface area contributed by atoms with Crippen molar-refractivity contribution in [2.45, 2.75) is 26.3 Å². The first kappa shape index (κ1) is 23.8. The Bertz CT molecular complexity index is 1280. The van der Waals surface area contributed by atoms with Crippen LogP contribution in [0.3, 0.4) is 0 Å². The molecular weight excluding hydrogens is 458 g/mol. The Morgan fingerprint density at radius 2 is 2.03 bits per heavy atom. The molecule has 0 spiro atoms. The van der Waals surface area contributed by atoms with E-state index in [1.165, 1.54) is 23.8 Å². The van der Waals surface area contributed by atoms with E-state index in [1.807, 2.05) is 0 Å². The zero-order chi connectivity index (χ0) is 24.1. The van der Waals surface area contributed by atoms with Crippen molar-refractivity contribution in [2.24, 2.45) is 0 Å². The third kappa shape index (κ3) is 5.69. The van der Waals surface area contributed by atoms with E-state index in [0.29, 0.717) is 22.0 Å². The molecule has 0 aliphatic carbocycles. The SMILES string of the molecule is COc1cc(Cl)c(C)cc1NC(=O)COC(=O)CCCn1c(=O)oc2cc([N+](=O)[O-])ccc21. The Morgan fingerprint density at radius 1 is 1.27 bits per heavy atom. The number of nitro benzene ring substituents is 1. The van der Waals surface area contributed by atoms with Crippen molar-refractivity contribution in [2.75, 3.05) is 19.0 Å². The van der Waals surface area contributed by atoms with Crippen LogP contribution in [0.15, 0.2) is 39.5 Å². The molecule has 0 bridgehead atoms. The highest BCUT2D eigenvalue weighted by Crippen LogP contribution is 2.30. The van der Waals surface area contributed by atoms with Gasteiger partial charge in [0.1, 0.15) is 5.75 Å². The standard InChI is InChI=1S/C21H20ClN3O8/c1-12-8-15(17(31-2)10-14(12)22)23-19(26)11-32-20(27)4-3-7-24-16-6-5-13(25(29)30)9-18(16)33-21(24)28/h5-6,8-10H,3-4,7,11H2,1-2H3,(H,23,26). The first-order valence-electron chi connectivity index (χ1n) is 9.77. The number of amides is 1. The number of rotatable bonds is 9. The number of halogens is 1. The van der Waals surface area contributed by atoms with Crippen molar-refractivity contribution >= 4 is 46.0 Å². The molecule has 33 heavy (non-hydrogen) atoms. The lowest BCUT2D eigenvalue weighted by atomic mass is 10.2. The maximum Gasteiger partial charge on any atom is 0.419 e. The van der Waals surface area contributed by atoms with Gasteiger partial charge in [-0.1, -0.05) is 11.6 Å². The Balaban J connectivity index is 1.51. The van der Waals surface area contributed by atoms with E-state index < -0.39 is 29.2 Å². The number of hydrogen-bond donors (Lipinski definition) is 1. The normalized spacial score (nSPS) is 10.8. The molecule has 1 N–H and O–H groups in total. The molecule has 1 heterocycles. The second-order valence-electron chi connectivity index (χ2n) is 7.04. The van der Waals surface area contributed by atoms with Gasteiger partial charge < -0.3 is 19.2 Å². The van der Waals surface area contributed by atoms with Crippen LogP contribution < -0.4 is 15.8 Å². The molecule has 0 saturated carbocycles. The molecule has 11 nitrogen and oxygen atoms in total. The zero-order valence-electron chi connectivity index (χ0n) is 17.8. The van der Waals surface area contributed by atoms with Gasteiger partial charge >= 0.3 is 11.7 Å². The number of carbonyl (C=O) groups is 2. The van der Waals surface area contributed by atoms with E-state index in [4.69, 9.17) is 25.5 Å². The van der Waals surface area contributed by atoms with E-state index in [9.17, 15) is 24.5 Å². The third-order valence-electron chi connectivity index (χ3n) is 4.74. The molecule has 0 aliphatic heterocycles. The molecule has 1 amide bonds. The van der Waals surface area contributed by atoms with Gasteiger partial charge in [-0.25, -0.2) is 4.79 Å². The lowest BCUT2D eigenvalue weighted by Crippen LogP contribution is -2.21. The number of methoxy groups -OCH3 is 1. The number of ether oxygens (including phenoxy) is 2. The van der Waals surface area contributed by atoms with Crippen LogP contribution in [0.5, 0.6) is 5.75 Å². The minimum atomic E-state index is -0.689. The summed E-state index contributed by atoms with van der Waals surface area (Å²) in [4.78, 5) is 46.4. The number of hydrogen-bond acceptors (Lipinski definition) is 8. The first-order chi connectivity index (χ1) is 15.7. The summed E-state index contributed by atoms with van der Waals surface area (Å²) in [6, 6.07) is 7.05. The summed E-state index contributed by atoms with van der Waals surface area (Å²) in [5.74, 6) is -1.50. The zero-order valence-corrected chi connectivity index (χ0v) is 18.5. The van der Waals surface area contributed by atoms with E-state index >= 15 is 0 Å². The molecule has 3 rings (SSSR count). The highest BCUT2D eigenvalue weighted by atomic mass is 35.5. The van der Waals surface area contributed by atoms with Gasteiger partial charge in [-0.2, -0.15) is 0 Å². The highest BCUT2D eigenvalue weighted by molar-refractivity contribution is 6.31. The first-order valence-corrected chi connectivity index (χ1v) is 10.1. The third-order valence-corrected chi connectivity index (χ3v) is 5.15. The molecule has 12 heteroatoms. The molecule has 3 aromatic rings. The molecule has 2 aromatic carbocycles. The summed E-state index contributed by atoms with van der Waals surface area (Å²) in [7, 11) is 1.44. The average molecular weight is 478 g/mol. The van der Waals surface area contributed by atoms with Gasteiger partial charge in [0.2, 0.25) is 0 Å². The van der Waals surface area contributed by atoms with E-state index in [-0.39, 0.29) is 30.7 Å². The Kier molecular flexibility index (Phi) is 7.34. The quantitative estimate of drug-likeness (QED) is 0.280. The number of nitro groups is 1. The van der Waals surface area contributed by atoms with Gasteiger partial charge in [0.25, 0.3) is 11.6 Å². The summed E-state index contributed by atoms with van der Waals surface area (Å²) in [5, 5.41) is 13.9.